The van der Waals surface area contributed by atoms with Crippen LogP contribution in [-0.4, -0.2) is 54.8 Å². The first-order valence-electron chi connectivity index (χ1n) is 9.30. The molecular formula is C20H22N4O4. The zero-order chi connectivity index (χ0) is 19.7. The maximum atomic E-state index is 13.2. The number of likely N-dealkylation sites (N-methyl/N-ethyl adjacent to an activating group) is 1. The molecule has 146 valence electrons. The van der Waals surface area contributed by atoms with Crippen molar-refractivity contribution in [3.8, 4) is 11.3 Å². The van der Waals surface area contributed by atoms with E-state index >= 15 is 0 Å². The maximum absolute atomic E-state index is 13.2. The molecule has 2 atom stereocenters. The van der Waals surface area contributed by atoms with Crippen LogP contribution >= 0.6 is 0 Å². The lowest BCUT2D eigenvalue weighted by molar-refractivity contribution is -0.124. The highest BCUT2D eigenvalue weighted by molar-refractivity contribution is 6.10. The van der Waals surface area contributed by atoms with Crippen molar-refractivity contribution in [2.45, 2.75) is 24.9 Å². The predicted octanol–water partition coefficient (Wildman–Crippen LogP) is 1.21. The molecule has 8 heteroatoms. The van der Waals surface area contributed by atoms with Crippen LogP contribution in [0.25, 0.3) is 11.3 Å². The van der Waals surface area contributed by atoms with Gasteiger partial charge in [0.05, 0.1) is 24.1 Å². The summed E-state index contributed by atoms with van der Waals surface area (Å²) in [5.41, 5.74) is 1.72. The van der Waals surface area contributed by atoms with Gasteiger partial charge in [0.2, 0.25) is 11.8 Å². The Morgan fingerprint density at radius 3 is 2.93 bits per heavy atom. The number of nitrogens with zero attached hydrogens (tertiary/aromatic N) is 1. The molecule has 3 amide bonds. The maximum Gasteiger partial charge on any atom is 0.256 e. The van der Waals surface area contributed by atoms with Crippen LogP contribution in [0.5, 0.6) is 0 Å². The van der Waals surface area contributed by atoms with E-state index < -0.39 is 6.04 Å². The van der Waals surface area contributed by atoms with Crippen LogP contribution in [0.3, 0.4) is 0 Å². The third-order valence-electron chi connectivity index (χ3n) is 5.18. The van der Waals surface area contributed by atoms with E-state index in [1.165, 1.54) is 0 Å². The smallest absolute Gasteiger partial charge is 0.256 e. The molecule has 3 N–H and O–H groups in total. The summed E-state index contributed by atoms with van der Waals surface area (Å²) in [5, 5.41) is 8.60. The Balaban J connectivity index is 1.58. The third-order valence-corrected chi connectivity index (χ3v) is 5.18. The van der Waals surface area contributed by atoms with Gasteiger partial charge in [-0.15, -0.1) is 0 Å². The van der Waals surface area contributed by atoms with E-state index in [9.17, 15) is 14.4 Å². The highest BCUT2D eigenvalue weighted by Gasteiger charge is 2.40. The topological polar surface area (TPSA) is 104 Å². The third kappa shape index (κ3) is 3.38. The lowest BCUT2D eigenvalue weighted by Gasteiger charge is -2.37. The molecule has 3 heterocycles. The number of nitrogens with one attached hydrogen (secondary N) is 3. The quantitative estimate of drug-likeness (QED) is 0.737. The minimum atomic E-state index is -0.611. The summed E-state index contributed by atoms with van der Waals surface area (Å²) in [7, 11) is 1.70. The Labute approximate surface area is 162 Å². The zero-order valence-corrected chi connectivity index (χ0v) is 15.5. The average Bonchev–Trinajstić information content (AvgIpc) is 3.19. The van der Waals surface area contributed by atoms with Crippen LogP contribution in [0.1, 0.15) is 23.2 Å². The van der Waals surface area contributed by atoms with Gasteiger partial charge in [-0.1, -0.05) is 0 Å². The molecule has 0 saturated carbocycles. The van der Waals surface area contributed by atoms with Crippen molar-refractivity contribution >= 4 is 23.4 Å². The monoisotopic (exact) mass is 382 g/mol. The standard InChI is InChI=1S/C20H22N4O4/c1-21-11-18(25)22-13-6-7-24-16(10-13)19(26)23-15-5-4-12(9-14(15)20(24)27)17-3-2-8-28-17/h2-5,8-9,13,16,21H,6-7,10-11H2,1H3,(H,22,25)(H,23,26)/t13-,16+/m1/s1. The number of carbonyl (C=O) groups excluding carboxylic acids is 3. The first-order valence-corrected chi connectivity index (χ1v) is 9.30. The molecule has 2 aromatic rings. The minimum absolute atomic E-state index is 0.118. The molecule has 0 aliphatic carbocycles. The number of hydrogen-bond donors (Lipinski definition) is 3. The fourth-order valence-corrected chi connectivity index (χ4v) is 3.82. The van der Waals surface area contributed by atoms with E-state index in [-0.39, 0.29) is 30.3 Å². The van der Waals surface area contributed by atoms with Crippen LogP contribution < -0.4 is 16.0 Å². The molecule has 0 spiro atoms. The Morgan fingerprint density at radius 1 is 1.32 bits per heavy atom. The van der Waals surface area contributed by atoms with Crippen LogP contribution in [-0.2, 0) is 9.59 Å². The average molecular weight is 382 g/mol. The number of furan rings is 1. The number of piperidine rings is 1. The van der Waals surface area contributed by atoms with Crippen molar-refractivity contribution in [1.29, 1.82) is 0 Å². The van der Waals surface area contributed by atoms with Crippen molar-refractivity contribution in [2.75, 3.05) is 25.5 Å². The predicted molar refractivity (Wildman–Crippen MR) is 103 cm³/mol. The molecule has 2 aliphatic heterocycles. The van der Waals surface area contributed by atoms with Crippen molar-refractivity contribution in [2.24, 2.45) is 0 Å². The van der Waals surface area contributed by atoms with Gasteiger partial charge < -0.3 is 25.3 Å². The van der Waals surface area contributed by atoms with Crippen LogP contribution in [0, 0.1) is 0 Å². The molecular weight excluding hydrogens is 360 g/mol. The Hall–Kier alpha value is -3.13. The van der Waals surface area contributed by atoms with E-state index in [0.717, 1.165) is 5.56 Å². The van der Waals surface area contributed by atoms with Crippen molar-refractivity contribution in [1.82, 2.24) is 15.5 Å². The normalized spacial score (nSPS) is 21.4. The number of benzene rings is 1. The largest absolute Gasteiger partial charge is 0.464 e. The lowest BCUT2D eigenvalue weighted by Crippen LogP contribution is -2.55. The summed E-state index contributed by atoms with van der Waals surface area (Å²) in [6.07, 6.45) is 2.58. The van der Waals surface area contributed by atoms with Crippen molar-refractivity contribution in [3.05, 3.63) is 42.2 Å². The fraction of sp³-hybridized carbons (Fsp3) is 0.350. The number of rotatable bonds is 4. The summed E-state index contributed by atoms with van der Waals surface area (Å²) >= 11 is 0. The molecule has 0 unspecified atom stereocenters. The molecule has 1 saturated heterocycles. The minimum Gasteiger partial charge on any atom is -0.464 e. The fourth-order valence-electron chi connectivity index (χ4n) is 3.82. The van der Waals surface area contributed by atoms with E-state index in [0.29, 0.717) is 36.4 Å². The Kier molecular flexibility index (Phi) is 4.87. The molecule has 8 nitrogen and oxygen atoms in total. The second-order valence-corrected chi connectivity index (χ2v) is 7.06. The molecule has 28 heavy (non-hydrogen) atoms. The van der Waals surface area contributed by atoms with Gasteiger partial charge in [0.15, 0.2) is 0 Å². The number of anilines is 1. The number of carbonyl (C=O) groups is 3. The summed E-state index contributed by atoms with van der Waals surface area (Å²) in [6, 6.07) is 8.16. The van der Waals surface area contributed by atoms with E-state index in [1.807, 2.05) is 12.1 Å². The van der Waals surface area contributed by atoms with Gasteiger partial charge in [0.25, 0.3) is 5.91 Å². The van der Waals surface area contributed by atoms with Gasteiger partial charge in [-0.05, 0) is 50.2 Å². The van der Waals surface area contributed by atoms with Gasteiger partial charge >= 0.3 is 0 Å². The summed E-state index contributed by atoms with van der Waals surface area (Å²) < 4.78 is 5.42. The second-order valence-electron chi connectivity index (χ2n) is 7.06. The van der Waals surface area contributed by atoms with Gasteiger partial charge in [0, 0.05) is 18.2 Å². The molecule has 1 fully saturated rings. The van der Waals surface area contributed by atoms with E-state index in [4.69, 9.17) is 4.42 Å². The summed E-state index contributed by atoms with van der Waals surface area (Å²) in [6.45, 7) is 0.628. The molecule has 0 radical (unpaired) electrons. The zero-order valence-electron chi connectivity index (χ0n) is 15.5. The van der Waals surface area contributed by atoms with E-state index in [1.54, 1.807) is 36.4 Å². The molecule has 0 bridgehead atoms. The summed E-state index contributed by atoms with van der Waals surface area (Å²) in [5.74, 6) is 0.124. The van der Waals surface area contributed by atoms with E-state index in [2.05, 4.69) is 16.0 Å². The van der Waals surface area contributed by atoms with Gasteiger partial charge in [0.1, 0.15) is 11.8 Å². The Morgan fingerprint density at radius 2 is 2.18 bits per heavy atom. The first-order chi connectivity index (χ1) is 13.6. The number of hydrogen-bond acceptors (Lipinski definition) is 5. The van der Waals surface area contributed by atoms with Crippen LogP contribution in [0.2, 0.25) is 0 Å². The SMILES string of the molecule is CNCC(=O)N[C@@H]1CCN2C(=O)c3cc(-c4ccco4)ccc3NC(=O)[C@@H]2C1. The number of amides is 3. The van der Waals surface area contributed by atoms with Crippen molar-refractivity contribution in [3.63, 3.8) is 0 Å². The lowest BCUT2D eigenvalue weighted by atomic mass is 9.96. The molecule has 1 aromatic heterocycles. The van der Waals surface area contributed by atoms with Crippen LogP contribution in [0.4, 0.5) is 5.69 Å². The highest BCUT2D eigenvalue weighted by atomic mass is 16.3. The van der Waals surface area contributed by atoms with Gasteiger partial charge in [-0.25, -0.2) is 0 Å². The first kappa shape index (κ1) is 18.2. The molecule has 1 aromatic carbocycles. The molecule has 4 rings (SSSR count). The summed E-state index contributed by atoms with van der Waals surface area (Å²) in [4.78, 5) is 39.4. The van der Waals surface area contributed by atoms with Crippen molar-refractivity contribution < 1.29 is 18.8 Å². The van der Waals surface area contributed by atoms with Crippen LogP contribution in [0.15, 0.2) is 41.0 Å². The van der Waals surface area contributed by atoms with Gasteiger partial charge in [-0.3, -0.25) is 14.4 Å². The highest BCUT2D eigenvalue weighted by Crippen LogP contribution is 2.31. The van der Waals surface area contributed by atoms with Gasteiger partial charge in [-0.2, -0.15) is 0 Å². The molecule has 2 aliphatic rings. The second kappa shape index (κ2) is 7.47. The Bertz CT molecular complexity index is 909. The number of fused-ring (bicyclic) bond motifs is 2.